The van der Waals surface area contributed by atoms with Gasteiger partial charge in [-0.1, -0.05) is 0 Å². The van der Waals surface area contributed by atoms with Gasteiger partial charge in [-0.3, -0.25) is 10.2 Å². The SMILES string of the molecule is COc1cc(C(F)(F)F)cc(C(N)=O)c1C1=NN1. The van der Waals surface area contributed by atoms with Crippen molar-refractivity contribution in [1.82, 2.24) is 5.43 Å². The molecule has 1 heterocycles. The van der Waals surface area contributed by atoms with Gasteiger partial charge in [0.15, 0.2) is 5.84 Å². The van der Waals surface area contributed by atoms with E-state index in [-0.39, 0.29) is 22.7 Å². The summed E-state index contributed by atoms with van der Waals surface area (Å²) in [6.45, 7) is 0. The molecule has 0 saturated heterocycles. The lowest BCUT2D eigenvalue weighted by Gasteiger charge is -2.13. The molecule has 0 aromatic heterocycles. The van der Waals surface area contributed by atoms with Crippen molar-refractivity contribution >= 4 is 11.7 Å². The molecule has 0 unspecified atom stereocenters. The number of alkyl halides is 3. The number of amides is 1. The lowest BCUT2D eigenvalue weighted by molar-refractivity contribution is -0.137. The Morgan fingerprint density at radius 3 is 2.44 bits per heavy atom. The summed E-state index contributed by atoms with van der Waals surface area (Å²) >= 11 is 0. The third kappa shape index (κ3) is 2.08. The maximum atomic E-state index is 12.6. The summed E-state index contributed by atoms with van der Waals surface area (Å²) in [7, 11) is 1.20. The van der Waals surface area contributed by atoms with Gasteiger partial charge < -0.3 is 10.5 Å². The summed E-state index contributed by atoms with van der Waals surface area (Å²) in [4.78, 5) is 11.2. The monoisotopic (exact) mass is 259 g/mol. The van der Waals surface area contributed by atoms with E-state index in [1.54, 1.807) is 0 Å². The number of nitrogens with one attached hydrogen (secondary N) is 1. The number of rotatable bonds is 3. The third-order valence-electron chi connectivity index (χ3n) is 2.38. The van der Waals surface area contributed by atoms with E-state index < -0.39 is 17.6 Å². The molecule has 8 heteroatoms. The molecular weight excluding hydrogens is 251 g/mol. The molecule has 0 bridgehead atoms. The van der Waals surface area contributed by atoms with E-state index in [0.717, 1.165) is 6.07 Å². The third-order valence-corrected chi connectivity index (χ3v) is 2.38. The van der Waals surface area contributed by atoms with Gasteiger partial charge in [-0.15, -0.1) is 0 Å². The van der Waals surface area contributed by atoms with E-state index in [2.05, 4.69) is 10.5 Å². The molecular formula is C10H8F3N3O2. The second-order valence-corrected chi connectivity index (χ2v) is 3.54. The van der Waals surface area contributed by atoms with Gasteiger partial charge in [0.25, 0.3) is 0 Å². The molecule has 18 heavy (non-hydrogen) atoms. The van der Waals surface area contributed by atoms with Crippen LogP contribution in [0, 0.1) is 0 Å². The van der Waals surface area contributed by atoms with Gasteiger partial charge in [0.2, 0.25) is 5.91 Å². The van der Waals surface area contributed by atoms with Crippen molar-refractivity contribution < 1.29 is 22.7 Å². The van der Waals surface area contributed by atoms with Gasteiger partial charge in [-0.25, -0.2) is 0 Å². The molecule has 0 atom stereocenters. The largest absolute Gasteiger partial charge is 0.496 e. The van der Waals surface area contributed by atoms with Crippen LogP contribution < -0.4 is 15.9 Å². The number of amidine groups is 1. The van der Waals surface area contributed by atoms with Crippen LogP contribution in [-0.2, 0) is 6.18 Å². The van der Waals surface area contributed by atoms with Gasteiger partial charge in [-0.05, 0) is 12.1 Å². The number of carbonyl (C=O) groups is 1. The number of hydrogen-bond donors (Lipinski definition) is 2. The van der Waals surface area contributed by atoms with Gasteiger partial charge in [0, 0.05) is 0 Å². The molecule has 1 aromatic carbocycles. The molecule has 2 rings (SSSR count). The van der Waals surface area contributed by atoms with Crippen molar-refractivity contribution in [1.29, 1.82) is 0 Å². The Balaban J connectivity index is 2.67. The van der Waals surface area contributed by atoms with E-state index >= 15 is 0 Å². The molecule has 0 saturated carbocycles. The first-order valence-corrected chi connectivity index (χ1v) is 4.77. The number of nitrogens with zero attached hydrogens (tertiary/aromatic N) is 1. The number of benzene rings is 1. The minimum absolute atomic E-state index is 0.109. The summed E-state index contributed by atoms with van der Waals surface area (Å²) in [5, 5.41) is 3.61. The lowest BCUT2D eigenvalue weighted by atomic mass is 10.0. The van der Waals surface area contributed by atoms with Gasteiger partial charge in [-0.2, -0.15) is 18.3 Å². The highest BCUT2D eigenvalue weighted by Gasteiger charge is 2.35. The van der Waals surface area contributed by atoms with Crippen LogP contribution >= 0.6 is 0 Å². The maximum Gasteiger partial charge on any atom is 0.416 e. The second-order valence-electron chi connectivity index (χ2n) is 3.54. The van der Waals surface area contributed by atoms with Crippen LogP contribution in [0.5, 0.6) is 5.75 Å². The van der Waals surface area contributed by atoms with Crippen LogP contribution in [0.4, 0.5) is 13.2 Å². The predicted molar refractivity (Wildman–Crippen MR) is 56.2 cm³/mol. The van der Waals surface area contributed by atoms with Gasteiger partial charge >= 0.3 is 6.18 Å². The van der Waals surface area contributed by atoms with Crippen molar-refractivity contribution in [3.63, 3.8) is 0 Å². The smallest absolute Gasteiger partial charge is 0.416 e. The first-order chi connectivity index (χ1) is 8.34. The zero-order valence-corrected chi connectivity index (χ0v) is 9.13. The minimum atomic E-state index is -4.59. The standard InChI is InChI=1S/C10H8F3N3O2/c1-18-6-3-4(10(11,12)13)2-5(8(14)17)7(6)9-15-16-9/h2-3H,1H3,(H2,14,17)(H,15,16). The van der Waals surface area contributed by atoms with Crippen LogP contribution in [0.1, 0.15) is 21.5 Å². The average molecular weight is 259 g/mol. The number of hydrogen-bond acceptors (Lipinski definition) is 4. The average Bonchev–Trinajstić information content (AvgIpc) is 3.09. The Morgan fingerprint density at radius 1 is 1.44 bits per heavy atom. The fourth-order valence-electron chi connectivity index (χ4n) is 1.52. The normalized spacial score (nSPS) is 13.7. The molecule has 1 aliphatic rings. The highest BCUT2D eigenvalue weighted by molar-refractivity contribution is 6.14. The Bertz CT molecular complexity index is 552. The van der Waals surface area contributed by atoms with E-state index in [9.17, 15) is 18.0 Å². The Kier molecular flexibility index (Phi) is 2.64. The van der Waals surface area contributed by atoms with Crippen molar-refractivity contribution in [3.05, 3.63) is 28.8 Å². The molecule has 5 nitrogen and oxygen atoms in total. The summed E-state index contributed by atoms with van der Waals surface area (Å²) in [5.74, 6) is -0.817. The summed E-state index contributed by atoms with van der Waals surface area (Å²) < 4.78 is 42.8. The lowest BCUT2D eigenvalue weighted by Crippen LogP contribution is -2.19. The summed E-state index contributed by atoms with van der Waals surface area (Å²) in [6, 6.07) is 1.48. The number of primary amides is 1. The maximum absolute atomic E-state index is 12.6. The number of ether oxygens (including phenoxy) is 1. The highest BCUT2D eigenvalue weighted by Crippen LogP contribution is 2.35. The molecule has 1 aliphatic heterocycles. The van der Waals surface area contributed by atoms with Crippen LogP contribution in [0.25, 0.3) is 0 Å². The minimum Gasteiger partial charge on any atom is -0.496 e. The Morgan fingerprint density at radius 2 is 2.06 bits per heavy atom. The molecule has 96 valence electrons. The molecule has 0 fully saturated rings. The first kappa shape index (κ1) is 12.2. The number of hydrazone groups is 1. The van der Waals surface area contributed by atoms with Crippen LogP contribution in [-0.4, -0.2) is 18.9 Å². The number of halogens is 3. The fraction of sp³-hybridized carbons (Fsp3) is 0.200. The summed E-state index contributed by atoms with van der Waals surface area (Å²) in [6.07, 6.45) is -4.59. The molecule has 3 N–H and O–H groups in total. The first-order valence-electron chi connectivity index (χ1n) is 4.77. The summed E-state index contributed by atoms with van der Waals surface area (Å²) in [5.41, 5.74) is 6.37. The topological polar surface area (TPSA) is 86.6 Å². The number of carbonyl (C=O) groups excluding carboxylic acids is 1. The van der Waals surface area contributed by atoms with E-state index in [0.29, 0.717) is 6.07 Å². The molecule has 0 aliphatic carbocycles. The number of methoxy groups -OCH3 is 1. The zero-order chi connectivity index (χ0) is 13.5. The molecule has 0 spiro atoms. The molecule has 0 radical (unpaired) electrons. The van der Waals surface area contributed by atoms with Crippen molar-refractivity contribution in [2.24, 2.45) is 10.8 Å². The van der Waals surface area contributed by atoms with Crippen molar-refractivity contribution in [2.45, 2.75) is 6.18 Å². The number of nitrogens with two attached hydrogens (primary N) is 1. The van der Waals surface area contributed by atoms with Gasteiger partial charge in [0.05, 0.1) is 23.8 Å². The highest BCUT2D eigenvalue weighted by atomic mass is 19.4. The zero-order valence-electron chi connectivity index (χ0n) is 9.13. The van der Waals surface area contributed by atoms with E-state index in [4.69, 9.17) is 10.5 Å². The van der Waals surface area contributed by atoms with Crippen LogP contribution in [0.3, 0.4) is 0 Å². The fourth-order valence-corrected chi connectivity index (χ4v) is 1.52. The second kappa shape index (κ2) is 3.90. The predicted octanol–water partition coefficient (Wildman–Crippen LogP) is 1.08. The van der Waals surface area contributed by atoms with E-state index in [1.807, 2.05) is 0 Å². The molecule has 1 aromatic rings. The van der Waals surface area contributed by atoms with E-state index in [1.165, 1.54) is 7.11 Å². The molecule has 1 amide bonds. The van der Waals surface area contributed by atoms with Crippen molar-refractivity contribution in [2.75, 3.05) is 7.11 Å². The van der Waals surface area contributed by atoms with Gasteiger partial charge in [0.1, 0.15) is 5.75 Å². The van der Waals surface area contributed by atoms with Crippen molar-refractivity contribution in [3.8, 4) is 5.75 Å². The van der Waals surface area contributed by atoms with Crippen LogP contribution in [0.2, 0.25) is 0 Å². The quantitative estimate of drug-likeness (QED) is 0.851. The van der Waals surface area contributed by atoms with Crippen LogP contribution in [0.15, 0.2) is 17.2 Å². The Hall–Kier alpha value is -2.25. The Labute approximate surface area is 99.4 Å².